The summed E-state index contributed by atoms with van der Waals surface area (Å²) in [6, 6.07) is 10.4. The molecule has 1 aromatic rings. The number of terminal acetylenes is 1. The molecule has 0 spiro atoms. The lowest BCUT2D eigenvalue weighted by Crippen LogP contribution is -2.27. The first-order chi connectivity index (χ1) is 8.04. The molecule has 1 aliphatic carbocycles. The summed E-state index contributed by atoms with van der Waals surface area (Å²) in [4.78, 5) is 0. The Hall–Kier alpha value is -1.52. The van der Waals surface area contributed by atoms with E-state index in [0.29, 0.717) is 0 Å². The standard InChI is InChI=1S/C16H18Si/c1-5-14-15(13-9-7-6-8-10-13)11-12-16(14)17(2,3)4/h1,6-12,14H,2-4H3. The van der Waals surface area contributed by atoms with Gasteiger partial charge in [0.1, 0.15) is 0 Å². The van der Waals surface area contributed by atoms with Crippen LogP contribution in [0, 0.1) is 18.3 Å². The fourth-order valence-corrected chi connectivity index (χ4v) is 3.98. The first kappa shape index (κ1) is 11.9. The van der Waals surface area contributed by atoms with Gasteiger partial charge in [-0.2, -0.15) is 0 Å². The van der Waals surface area contributed by atoms with Crippen molar-refractivity contribution in [2.45, 2.75) is 19.6 Å². The second-order valence-corrected chi connectivity index (χ2v) is 10.5. The van der Waals surface area contributed by atoms with Crippen molar-refractivity contribution in [2.24, 2.45) is 5.92 Å². The molecule has 0 saturated carbocycles. The van der Waals surface area contributed by atoms with Gasteiger partial charge < -0.3 is 0 Å². The van der Waals surface area contributed by atoms with E-state index in [4.69, 9.17) is 6.42 Å². The quantitative estimate of drug-likeness (QED) is 0.536. The number of allylic oxidation sites excluding steroid dienone is 4. The van der Waals surface area contributed by atoms with E-state index in [1.54, 1.807) is 0 Å². The summed E-state index contributed by atoms with van der Waals surface area (Å²) in [5.41, 5.74) is 2.53. The first-order valence-corrected chi connectivity index (χ1v) is 9.48. The van der Waals surface area contributed by atoms with Gasteiger partial charge in [0.25, 0.3) is 0 Å². The Kier molecular flexibility index (Phi) is 3.08. The molecule has 0 heterocycles. The lowest BCUT2D eigenvalue weighted by atomic mass is 9.96. The van der Waals surface area contributed by atoms with Crippen molar-refractivity contribution in [3.05, 3.63) is 53.2 Å². The monoisotopic (exact) mass is 238 g/mol. The molecule has 0 saturated heterocycles. The molecule has 0 radical (unpaired) electrons. The molecule has 1 atom stereocenters. The minimum Gasteiger partial charge on any atom is -0.119 e. The van der Waals surface area contributed by atoms with Crippen LogP contribution in [-0.4, -0.2) is 8.07 Å². The molecule has 0 aliphatic heterocycles. The summed E-state index contributed by atoms with van der Waals surface area (Å²) in [6.07, 6.45) is 10.2. The van der Waals surface area contributed by atoms with E-state index in [1.807, 2.05) is 6.07 Å². The van der Waals surface area contributed by atoms with Gasteiger partial charge in [0.15, 0.2) is 0 Å². The van der Waals surface area contributed by atoms with E-state index in [9.17, 15) is 0 Å². The largest absolute Gasteiger partial charge is 0.119 e. The fraction of sp³-hybridized carbons (Fsp3) is 0.250. The Labute approximate surface area is 105 Å². The van der Waals surface area contributed by atoms with Gasteiger partial charge in [-0.1, -0.05) is 73.2 Å². The molecular weight excluding hydrogens is 220 g/mol. The second-order valence-electron chi connectivity index (χ2n) is 5.46. The van der Waals surface area contributed by atoms with Crippen LogP contribution in [0.4, 0.5) is 0 Å². The van der Waals surface area contributed by atoms with Crippen LogP contribution in [-0.2, 0) is 0 Å². The predicted molar refractivity (Wildman–Crippen MR) is 78.2 cm³/mol. The molecule has 2 rings (SSSR count). The zero-order valence-corrected chi connectivity index (χ0v) is 11.7. The maximum atomic E-state index is 5.74. The molecule has 0 fully saturated rings. The van der Waals surface area contributed by atoms with Crippen LogP contribution < -0.4 is 0 Å². The molecule has 0 nitrogen and oxygen atoms in total. The van der Waals surface area contributed by atoms with Crippen LogP contribution >= 0.6 is 0 Å². The molecule has 1 aliphatic rings. The highest BCUT2D eigenvalue weighted by Crippen LogP contribution is 2.38. The van der Waals surface area contributed by atoms with E-state index in [1.165, 1.54) is 16.3 Å². The van der Waals surface area contributed by atoms with Gasteiger partial charge in [-0.15, -0.1) is 6.42 Å². The first-order valence-electron chi connectivity index (χ1n) is 5.98. The summed E-state index contributed by atoms with van der Waals surface area (Å²) < 4.78 is 0. The smallest absolute Gasteiger partial charge is 0.0745 e. The summed E-state index contributed by atoms with van der Waals surface area (Å²) in [5.74, 6) is 3.15. The van der Waals surface area contributed by atoms with Crippen molar-refractivity contribution in [3.8, 4) is 12.3 Å². The van der Waals surface area contributed by atoms with Crippen molar-refractivity contribution < 1.29 is 0 Å². The highest BCUT2D eigenvalue weighted by atomic mass is 28.3. The average Bonchev–Trinajstić information content (AvgIpc) is 2.73. The van der Waals surface area contributed by atoms with Crippen molar-refractivity contribution in [1.82, 2.24) is 0 Å². The van der Waals surface area contributed by atoms with Crippen molar-refractivity contribution in [1.29, 1.82) is 0 Å². The van der Waals surface area contributed by atoms with Crippen molar-refractivity contribution in [3.63, 3.8) is 0 Å². The van der Waals surface area contributed by atoms with Gasteiger partial charge >= 0.3 is 0 Å². The molecule has 0 bridgehead atoms. The Bertz CT molecular complexity index is 507. The average molecular weight is 238 g/mol. The Balaban J connectivity index is 2.35. The Morgan fingerprint density at radius 1 is 1.06 bits per heavy atom. The third-order valence-corrected chi connectivity index (χ3v) is 5.39. The van der Waals surface area contributed by atoms with Crippen LogP contribution in [0.5, 0.6) is 0 Å². The van der Waals surface area contributed by atoms with E-state index in [-0.39, 0.29) is 5.92 Å². The van der Waals surface area contributed by atoms with Crippen LogP contribution in [0.2, 0.25) is 19.6 Å². The molecule has 17 heavy (non-hydrogen) atoms. The lowest BCUT2D eigenvalue weighted by Gasteiger charge is -2.24. The molecular formula is C16H18Si. The third-order valence-electron chi connectivity index (χ3n) is 3.20. The fourth-order valence-electron chi connectivity index (χ4n) is 2.30. The van der Waals surface area contributed by atoms with Gasteiger partial charge in [0.05, 0.1) is 14.0 Å². The van der Waals surface area contributed by atoms with E-state index in [2.05, 4.69) is 62.0 Å². The summed E-state index contributed by atoms with van der Waals surface area (Å²) >= 11 is 0. The second kappa shape index (κ2) is 4.39. The maximum absolute atomic E-state index is 5.74. The molecule has 1 unspecified atom stereocenters. The highest BCUT2D eigenvalue weighted by molar-refractivity contribution is 6.83. The van der Waals surface area contributed by atoms with Crippen LogP contribution in [0.1, 0.15) is 5.56 Å². The summed E-state index contributed by atoms with van der Waals surface area (Å²) in [6.45, 7) is 7.06. The van der Waals surface area contributed by atoms with Crippen LogP contribution in [0.15, 0.2) is 47.7 Å². The van der Waals surface area contributed by atoms with Crippen molar-refractivity contribution in [2.75, 3.05) is 0 Å². The predicted octanol–water partition coefficient (Wildman–Crippen LogP) is 4.14. The van der Waals surface area contributed by atoms with Crippen LogP contribution in [0.3, 0.4) is 0 Å². The minimum absolute atomic E-state index is 0.184. The van der Waals surface area contributed by atoms with E-state index in [0.717, 1.165) is 0 Å². The SMILES string of the molecule is C#CC1C(c2ccccc2)=CC=C1[Si](C)(C)C. The van der Waals surface area contributed by atoms with Gasteiger partial charge in [0.2, 0.25) is 0 Å². The molecule has 86 valence electrons. The van der Waals surface area contributed by atoms with Crippen molar-refractivity contribution >= 4 is 13.6 Å². The topological polar surface area (TPSA) is 0 Å². The van der Waals surface area contributed by atoms with Gasteiger partial charge in [-0.25, -0.2) is 0 Å². The Morgan fingerprint density at radius 3 is 2.24 bits per heavy atom. The molecule has 0 aromatic heterocycles. The number of hydrogen-bond donors (Lipinski definition) is 0. The van der Waals surface area contributed by atoms with Gasteiger partial charge in [-0.3, -0.25) is 0 Å². The molecule has 0 amide bonds. The summed E-state index contributed by atoms with van der Waals surface area (Å²) in [7, 11) is -1.32. The number of hydrogen-bond acceptors (Lipinski definition) is 0. The number of rotatable bonds is 2. The number of benzene rings is 1. The van der Waals surface area contributed by atoms with Gasteiger partial charge in [-0.05, 0) is 11.1 Å². The zero-order valence-electron chi connectivity index (χ0n) is 10.7. The minimum atomic E-state index is -1.32. The van der Waals surface area contributed by atoms with Gasteiger partial charge in [0, 0.05) is 0 Å². The van der Waals surface area contributed by atoms with Crippen LogP contribution in [0.25, 0.3) is 5.57 Å². The third kappa shape index (κ3) is 2.27. The molecule has 1 aromatic carbocycles. The normalized spacial score (nSPS) is 19.5. The lowest BCUT2D eigenvalue weighted by molar-refractivity contribution is 1.12. The highest BCUT2D eigenvalue weighted by Gasteiger charge is 2.31. The zero-order chi connectivity index (χ0) is 12.5. The Morgan fingerprint density at radius 2 is 1.71 bits per heavy atom. The molecule has 0 N–H and O–H groups in total. The summed E-state index contributed by atoms with van der Waals surface area (Å²) in [5, 5.41) is 1.47. The molecule has 1 heteroatoms. The maximum Gasteiger partial charge on any atom is 0.0745 e. The van der Waals surface area contributed by atoms with E-state index < -0.39 is 8.07 Å². The van der Waals surface area contributed by atoms with E-state index >= 15 is 0 Å².